The molecular weight excluding hydrogens is 426 g/mol. The first-order valence-corrected chi connectivity index (χ1v) is 10.1. The lowest BCUT2D eigenvalue weighted by Gasteiger charge is -2.15. The van der Waals surface area contributed by atoms with Crippen molar-refractivity contribution in [1.29, 1.82) is 0 Å². The summed E-state index contributed by atoms with van der Waals surface area (Å²) in [5, 5.41) is 8.03. The van der Waals surface area contributed by atoms with Crippen LogP contribution < -0.4 is 16.0 Å². The van der Waals surface area contributed by atoms with Crippen molar-refractivity contribution in [3.63, 3.8) is 0 Å². The molecule has 3 amide bonds. The second-order valence-corrected chi connectivity index (χ2v) is 7.22. The Bertz CT molecular complexity index is 1290. The molecule has 3 aromatic carbocycles. The number of aromatic nitrogens is 1. The van der Waals surface area contributed by atoms with Crippen LogP contribution in [0.2, 0.25) is 0 Å². The van der Waals surface area contributed by atoms with E-state index in [1.54, 1.807) is 53.4 Å². The number of carbonyl (C=O) groups excluding carboxylic acids is 2. The van der Waals surface area contributed by atoms with Crippen LogP contribution in [0.3, 0.4) is 0 Å². The molecule has 0 aliphatic carbocycles. The van der Waals surface area contributed by atoms with Gasteiger partial charge in [0.25, 0.3) is 5.91 Å². The second kappa shape index (κ2) is 9.78. The molecular formula is C25H20F2N4O2. The van der Waals surface area contributed by atoms with Crippen molar-refractivity contribution in [2.24, 2.45) is 0 Å². The molecule has 3 N–H and O–H groups in total. The van der Waals surface area contributed by atoms with Crippen LogP contribution in [0.4, 0.5) is 25.0 Å². The van der Waals surface area contributed by atoms with E-state index in [4.69, 9.17) is 0 Å². The summed E-state index contributed by atoms with van der Waals surface area (Å²) in [6, 6.07) is 19.4. The third-order valence-electron chi connectivity index (χ3n) is 4.81. The van der Waals surface area contributed by atoms with Gasteiger partial charge < -0.3 is 20.5 Å². The number of hydrogen-bond donors (Lipinski definition) is 3. The monoisotopic (exact) mass is 446 g/mol. The first-order chi connectivity index (χ1) is 16.0. The summed E-state index contributed by atoms with van der Waals surface area (Å²) in [7, 11) is 0. The highest BCUT2D eigenvalue weighted by Crippen LogP contribution is 2.23. The lowest BCUT2D eigenvalue weighted by Crippen LogP contribution is -2.24. The molecule has 0 saturated carbocycles. The van der Waals surface area contributed by atoms with E-state index in [0.29, 0.717) is 28.2 Å². The van der Waals surface area contributed by atoms with E-state index in [1.165, 1.54) is 30.3 Å². The van der Waals surface area contributed by atoms with E-state index < -0.39 is 11.8 Å². The van der Waals surface area contributed by atoms with Crippen molar-refractivity contribution < 1.29 is 18.4 Å². The van der Waals surface area contributed by atoms with Crippen molar-refractivity contribution in [3.05, 3.63) is 114 Å². The molecule has 33 heavy (non-hydrogen) atoms. The Morgan fingerprint density at radius 3 is 2.24 bits per heavy atom. The van der Waals surface area contributed by atoms with Gasteiger partial charge in [-0.2, -0.15) is 0 Å². The summed E-state index contributed by atoms with van der Waals surface area (Å²) in [5.41, 5.74) is 2.23. The van der Waals surface area contributed by atoms with Crippen LogP contribution in [0.15, 0.2) is 91.3 Å². The van der Waals surface area contributed by atoms with Crippen LogP contribution in [0.1, 0.15) is 15.9 Å². The second-order valence-electron chi connectivity index (χ2n) is 7.22. The first kappa shape index (κ1) is 21.8. The Morgan fingerprint density at radius 2 is 1.52 bits per heavy atom. The summed E-state index contributed by atoms with van der Waals surface area (Å²) in [6.45, 7) is 0.152. The van der Waals surface area contributed by atoms with Crippen LogP contribution >= 0.6 is 0 Å². The molecule has 1 aromatic heterocycles. The molecule has 0 aliphatic rings. The summed E-state index contributed by atoms with van der Waals surface area (Å²) in [4.78, 5) is 25.2. The molecule has 166 valence electrons. The van der Waals surface area contributed by atoms with Crippen molar-refractivity contribution in [2.75, 3.05) is 10.6 Å². The van der Waals surface area contributed by atoms with E-state index in [1.807, 2.05) is 12.1 Å². The highest BCUT2D eigenvalue weighted by atomic mass is 19.1. The molecule has 4 rings (SSSR count). The Balaban J connectivity index is 1.54. The average Bonchev–Trinajstić information content (AvgIpc) is 3.32. The van der Waals surface area contributed by atoms with Crippen LogP contribution in [-0.4, -0.2) is 16.5 Å². The zero-order chi connectivity index (χ0) is 23.2. The molecule has 0 radical (unpaired) electrons. The van der Waals surface area contributed by atoms with Gasteiger partial charge in [-0.15, -0.1) is 0 Å². The van der Waals surface area contributed by atoms with Gasteiger partial charge in [0, 0.05) is 30.2 Å². The maximum Gasteiger partial charge on any atom is 0.323 e. The lowest BCUT2D eigenvalue weighted by atomic mass is 10.1. The molecule has 0 unspecified atom stereocenters. The highest BCUT2D eigenvalue weighted by Gasteiger charge is 2.13. The highest BCUT2D eigenvalue weighted by molar-refractivity contribution is 6.03. The molecule has 6 nitrogen and oxygen atoms in total. The normalized spacial score (nSPS) is 10.5. The molecule has 4 aromatic rings. The third-order valence-corrected chi connectivity index (χ3v) is 4.81. The fourth-order valence-corrected chi connectivity index (χ4v) is 3.28. The molecule has 0 aliphatic heterocycles. The van der Waals surface area contributed by atoms with Crippen molar-refractivity contribution >= 4 is 23.3 Å². The minimum atomic E-state index is -0.591. The number of carbonyl (C=O) groups is 2. The fraction of sp³-hybridized carbons (Fsp3) is 0.0400. The van der Waals surface area contributed by atoms with Gasteiger partial charge in [0.05, 0.1) is 11.4 Å². The minimum Gasteiger partial charge on any atom is -0.348 e. The van der Waals surface area contributed by atoms with Gasteiger partial charge in [-0.05, 0) is 66.2 Å². The first-order valence-electron chi connectivity index (χ1n) is 10.1. The summed E-state index contributed by atoms with van der Waals surface area (Å²) in [6.07, 6.45) is 3.60. The average molecular weight is 446 g/mol. The van der Waals surface area contributed by atoms with Gasteiger partial charge in [-0.25, -0.2) is 13.6 Å². The van der Waals surface area contributed by atoms with Crippen molar-refractivity contribution in [1.82, 2.24) is 9.88 Å². The standard InChI is InChI=1S/C25H20F2N4O2/c26-19-6-3-5-17(13-19)16-28-24(32)18-9-10-23(31-11-1-2-12-31)22(14-18)30-25(33)29-21-8-4-7-20(27)15-21/h1-15H,16H2,(H,28,32)(H2,29,30,33). The quantitative estimate of drug-likeness (QED) is 0.375. The molecule has 8 heteroatoms. The van der Waals surface area contributed by atoms with Crippen LogP contribution in [0, 0.1) is 11.6 Å². The maximum atomic E-state index is 13.4. The summed E-state index contributed by atoms with van der Waals surface area (Å²) in [5.74, 6) is -1.24. The fourth-order valence-electron chi connectivity index (χ4n) is 3.28. The van der Waals surface area contributed by atoms with Gasteiger partial charge in [0.15, 0.2) is 0 Å². The van der Waals surface area contributed by atoms with Gasteiger partial charge in [-0.1, -0.05) is 18.2 Å². The maximum absolute atomic E-state index is 13.4. The number of nitrogens with zero attached hydrogens (tertiary/aromatic N) is 1. The number of urea groups is 1. The zero-order valence-electron chi connectivity index (χ0n) is 17.4. The van der Waals surface area contributed by atoms with E-state index in [0.717, 1.165) is 0 Å². The Kier molecular flexibility index (Phi) is 6.45. The van der Waals surface area contributed by atoms with E-state index >= 15 is 0 Å². The smallest absolute Gasteiger partial charge is 0.323 e. The van der Waals surface area contributed by atoms with E-state index in [2.05, 4.69) is 16.0 Å². The number of benzene rings is 3. The number of anilines is 2. The summed E-state index contributed by atoms with van der Waals surface area (Å²) < 4.78 is 28.6. The lowest BCUT2D eigenvalue weighted by molar-refractivity contribution is 0.0951. The van der Waals surface area contributed by atoms with Crippen LogP contribution in [0.5, 0.6) is 0 Å². The Hall–Kier alpha value is -4.46. The van der Waals surface area contributed by atoms with Gasteiger partial charge in [-0.3, -0.25) is 4.79 Å². The van der Waals surface area contributed by atoms with Crippen LogP contribution in [0.25, 0.3) is 5.69 Å². The number of nitrogens with one attached hydrogen (secondary N) is 3. The van der Waals surface area contributed by atoms with Gasteiger partial charge in [0.2, 0.25) is 0 Å². The number of amides is 3. The van der Waals surface area contributed by atoms with Gasteiger partial charge >= 0.3 is 6.03 Å². The molecule has 0 bridgehead atoms. The largest absolute Gasteiger partial charge is 0.348 e. The van der Waals surface area contributed by atoms with Crippen molar-refractivity contribution in [3.8, 4) is 5.69 Å². The predicted octanol–water partition coefficient (Wildman–Crippen LogP) is 5.33. The Labute approximate surface area is 188 Å². The minimum absolute atomic E-state index is 0.152. The topological polar surface area (TPSA) is 75.2 Å². The SMILES string of the molecule is O=C(Nc1cccc(F)c1)Nc1cc(C(=O)NCc2cccc(F)c2)ccc1-n1cccc1. The van der Waals surface area contributed by atoms with E-state index in [9.17, 15) is 18.4 Å². The van der Waals surface area contributed by atoms with Gasteiger partial charge in [0.1, 0.15) is 11.6 Å². The molecule has 0 spiro atoms. The molecule has 0 fully saturated rings. The summed E-state index contributed by atoms with van der Waals surface area (Å²) >= 11 is 0. The number of halogens is 2. The van der Waals surface area contributed by atoms with Crippen LogP contribution in [-0.2, 0) is 6.54 Å². The number of rotatable bonds is 6. The van der Waals surface area contributed by atoms with Crippen molar-refractivity contribution in [2.45, 2.75) is 6.54 Å². The predicted molar refractivity (Wildman–Crippen MR) is 122 cm³/mol. The number of hydrogen-bond acceptors (Lipinski definition) is 2. The molecule has 0 atom stereocenters. The molecule has 1 heterocycles. The zero-order valence-corrected chi connectivity index (χ0v) is 17.4. The molecule has 0 saturated heterocycles. The third kappa shape index (κ3) is 5.62. The van der Waals surface area contributed by atoms with E-state index in [-0.39, 0.29) is 18.3 Å². The Morgan fingerprint density at radius 1 is 0.788 bits per heavy atom.